The summed E-state index contributed by atoms with van der Waals surface area (Å²) in [5.41, 5.74) is 1.13. The number of carbonyl (C=O) groups excluding carboxylic acids is 1. The van der Waals surface area contributed by atoms with Crippen LogP contribution in [-0.4, -0.2) is 12.5 Å². The summed E-state index contributed by atoms with van der Waals surface area (Å²) < 4.78 is 0.793. The van der Waals surface area contributed by atoms with E-state index in [1.807, 2.05) is 23.6 Å². The van der Waals surface area contributed by atoms with Gasteiger partial charge in [0, 0.05) is 11.4 Å². The van der Waals surface area contributed by atoms with Gasteiger partial charge in [0.2, 0.25) is 0 Å². The number of hydrogen-bond donors (Lipinski definition) is 1. The molecule has 0 unspecified atom stereocenters. The molecule has 1 amide bonds. The van der Waals surface area contributed by atoms with Gasteiger partial charge < -0.3 is 5.32 Å². The standard InChI is InChI=1S/C14H16ClNOS2/c1-9(2)11-6-8-18-13(11)14(17)16-7-5-10-3-4-12(15)19-10/h3-4,6,8-9H,5,7H2,1-2H3,(H,16,17). The summed E-state index contributed by atoms with van der Waals surface area (Å²) in [4.78, 5) is 14.1. The number of rotatable bonds is 5. The molecule has 0 spiro atoms. The monoisotopic (exact) mass is 313 g/mol. The van der Waals surface area contributed by atoms with E-state index < -0.39 is 0 Å². The number of nitrogens with one attached hydrogen (secondary N) is 1. The van der Waals surface area contributed by atoms with E-state index in [0.717, 1.165) is 21.2 Å². The van der Waals surface area contributed by atoms with Crippen LogP contribution in [0.2, 0.25) is 4.34 Å². The van der Waals surface area contributed by atoms with E-state index in [4.69, 9.17) is 11.6 Å². The van der Waals surface area contributed by atoms with Crippen molar-refractivity contribution < 1.29 is 4.79 Å². The molecule has 0 fully saturated rings. The van der Waals surface area contributed by atoms with E-state index in [-0.39, 0.29) is 5.91 Å². The molecule has 0 bridgehead atoms. The number of carbonyl (C=O) groups is 1. The predicted molar refractivity (Wildman–Crippen MR) is 83.8 cm³/mol. The molecular weight excluding hydrogens is 298 g/mol. The molecule has 0 saturated heterocycles. The Morgan fingerprint density at radius 1 is 1.37 bits per heavy atom. The van der Waals surface area contributed by atoms with Crippen LogP contribution in [0.15, 0.2) is 23.6 Å². The van der Waals surface area contributed by atoms with E-state index in [0.29, 0.717) is 12.5 Å². The number of amides is 1. The third kappa shape index (κ3) is 3.81. The lowest BCUT2D eigenvalue weighted by Gasteiger charge is -2.07. The summed E-state index contributed by atoms with van der Waals surface area (Å²) >= 11 is 8.94. The lowest BCUT2D eigenvalue weighted by atomic mass is 10.0. The smallest absolute Gasteiger partial charge is 0.261 e. The highest BCUT2D eigenvalue weighted by Gasteiger charge is 2.14. The summed E-state index contributed by atoms with van der Waals surface area (Å²) in [6.45, 7) is 4.85. The number of thiophene rings is 2. The number of hydrogen-bond acceptors (Lipinski definition) is 3. The summed E-state index contributed by atoms with van der Waals surface area (Å²) in [7, 11) is 0. The van der Waals surface area contributed by atoms with E-state index in [1.54, 1.807) is 11.3 Å². The third-order valence-electron chi connectivity index (χ3n) is 2.81. The second-order valence-electron chi connectivity index (χ2n) is 4.57. The molecule has 0 radical (unpaired) electrons. The summed E-state index contributed by atoms with van der Waals surface area (Å²) in [6, 6.07) is 5.92. The van der Waals surface area contributed by atoms with Crippen LogP contribution in [0.3, 0.4) is 0 Å². The molecule has 0 saturated carbocycles. The van der Waals surface area contributed by atoms with Crippen LogP contribution >= 0.6 is 34.3 Å². The van der Waals surface area contributed by atoms with Crippen molar-refractivity contribution >= 4 is 40.2 Å². The average molecular weight is 314 g/mol. The predicted octanol–water partition coefficient (Wildman–Crippen LogP) is 4.56. The second-order valence-corrected chi connectivity index (χ2v) is 7.29. The first-order chi connectivity index (χ1) is 9.08. The third-order valence-corrected chi connectivity index (χ3v) is 5.03. The molecule has 2 aromatic heterocycles. The molecule has 2 heterocycles. The van der Waals surface area contributed by atoms with Gasteiger partial charge in [0.15, 0.2) is 0 Å². The van der Waals surface area contributed by atoms with E-state index in [9.17, 15) is 4.79 Å². The Morgan fingerprint density at radius 3 is 2.79 bits per heavy atom. The molecule has 102 valence electrons. The quantitative estimate of drug-likeness (QED) is 0.861. The Morgan fingerprint density at radius 2 is 2.16 bits per heavy atom. The minimum atomic E-state index is 0.0290. The second kappa shape index (κ2) is 6.55. The maximum atomic E-state index is 12.1. The zero-order valence-electron chi connectivity index (χ0n) is 10.9. The lowest BCUT2D eigenvalue weighted by Crippen LogP contribution is -2.25. The van der Waals surface area contributed by atoms with Gasteiger partial charge in [-0.3, -0.25) is 4.79 Å². The Bertz CT molecular complexity index is 559. The lowest BCUT2D eigenvalue weighted by molar-refractivity contribution is 0.0957. The largest absolute Gasteiger partial charge is 0.351 e. The van der Waals surface area contributed by atoms with Crippen LogP contribution in [0.5, 0.6) is 0 Å². The first-order valence-corrected chi connectivity index (χ1v) is 8.25. The fourth-order valence-electron chi connectivity index (χ4n) is 1.82. The van der Waals surface area contributed by atoms with Crippen molar-refractivity contribution in [1.82, 2.24) is 5.32 Å². The Hall–Kier alpha value is -0.840. The van der Waals surface area contributed by atoms with Crippen LogP contribution in [-0.2, 0) is 6.42 Å². The molecule has 0 aliphatic rings. The molecule has 2 aromatic rings. The number of halogens is 1. The topological polar surface area (TPSA) is 29.1 Å². The van der Waals surface area contributed by atoms with Gasteiger partial charge in [0.25, 0.3) is 5.91 Å². The summed E-state index contributed by atoms with van der Waals surface area (Å²) in [5, 5.41) is 4.95. The Labute approximate surface area is 126 Å². The fourth-order valence-corrected chi connectivity index (χ4v) is 3.88. The van der Waals surface area contributed by atoms with Crippen molar-refractivity contribution in [3.63, 3.8) is 0 Å². The molecule has 2 nitrogen and oxygen atoms in total. The molecule has 0 aliphatic heterocycles. The zero-order valence-corrected chi connectivity index (χ0v) is 13.3. The van der Waals surface area contributed by atoms with Gasteiger partial charge >= 0.3 is 0 Å². The van der Waals surface area contributed by atoms with Crippen LogP contribution in [0.1, 0.15) is 39.9 Å². The highest BCUT2D eigenvalue weighted by Crippen LogP contribution is 2.24. The molecule has 2 rings (SSSR count). The van der Waals surface area contributed by atoms with Gasteiger partial charge in [-0.25, -0.2) is 0 Å². The van der Waals surface area contributed by atoms with Gasteiger partial charge in [-0.15, -0.1) is 22.7 Å². The van der Waals surface area contributed by atoms with Crippen molar-refractivity contribution in [1.29, 1.82) is 0 Å². The Kier molecular flexibility index (Phi) is 5.02. The maximum Gasteiger partial charge on any atom is 0.261 e. The molecule has 19 heavy (non-hydrogen) atoms. The summed E-state index contributed by atoms with van der Waals surface area (Å²) in [6.07, 6.45) is 0.825. The normalized spacial score (nSPS) is 10.9. The maximum absolute atomic E-state index is 12.1. The minimum absolute atomic E-state index is 0.0290. The van der Waals surface area contributed by atoms with Crippen LogP contribution < -0.4 is 5.32 Å². The Balaban J connectivity index is 1.89. The van der Waals surface area contributed by atoms with Gasteiger partial charge in [0.1, 0.15) is 0 Å². The van der Waals surface area contributed by atoms with Crippen molar-refractivity contribution in [3.8, 4) is 0 Å². The summed E-state index contributed by atoms with van der Waals surface area (Å²) in [5.74, 6) is 0.407. The van der Waals surface area contributed by atoms with E-state index in [2.05, 4.69) is 19.2 Å². The molecular formula is C14H16ClNOS2. The van der Waals surface area contributed by atoms with Gasteiger partial charge in [-0.1, -0.05) is 25.4 Å². The van der Waals surface area contributed by atoms with Crippen LogP contribution in [0.4, 0.5) is 0 Å². The van der Waals surface area contributed by atoms with Crippen molar-refractivity contribution in [2.45, 2.75) is 26.2 Å². The highest BCUT2D eigenvalue weighted by molar-refractivity contribution is 7.16. The van der Waals surface area contributed by atoms with Crippen LogP contribution in [0, 0.1) is 0 Å². The first kappa shape index (κ1) is 14.6. The van der Waals surface area contributed by atoms with E-state index >= 15 is 0 Å². The molecule has 5 heteroatoms. The van der Waals surface area contributed by atoms with Crippen molar-refractivity contribution in [3.05, 3.63) is 43.2 Å². The first-order valence-electron chi connectivity index (χ1n) is 6.17. The zero-order chi connectivity index (χ0) is 13.8. The fraction of sp³-hybridized carbons (Fsp3) is 0.357. The molecule has 0 atom stereocenters. The van der Waals surface area contributed by atoms with Crippen molar-refractivity contribution in [2.24, 2.45) is 0 Å². The molecule has 0 aromatic carbocycles. The van der Waals surface area contributed by atoms with Crippen molar-refractivity contribution in [2.75, 3.05) is 6.54 Å². The SMILES string of the molecule is CC(C)c1ccsc1C(=O)NCCc1ccc(Cl)s1. The molecule has 0 aliphatic carbocycles. The average Bonchev–Trinajstić information content (AvgIpc) is 2.97. The minimum Gasteiger partial charge on any atom is -0.351 e. The highest BCUT2D eigenvalue weighted by atomic mass is 35.5. The van der Waals surface area contributed by atoms with Gasteiger partial charge in [-0.2, -0.15) is 0 Å². The molecule has 1 N–H and O–H groups in total. The van der Waals surface area contributed by atoms with Gasteiger partial charge in [-0.05, 0) is 41.5 Å². The van der Waals surface area contributed by atoms with E-state index in [1.165, 1.54) is 16.2 Å². The van der Waals surface area contributed by atoms with Crippen LogP contribution in [0.25, 0.3) is 0 Å². The van der Waals surface area contributed by atoms with Gasteiger partial charge in [0.05, 0.1) is 9.21 Å².